The first-order chi connectivity index (χ1) is 10.1. The molecule has 1 saturated carbocycles. The number of benzene rings is 1. The molecule has 2 unspecified atom stereocenters. The molecule has 0 aromatic heterocycles. The van der Waals surface area contributed by atoms with Crippen molar-refractivity contribution in [3.05, 3.63) is 28.8 Å². The molecule has 0 radical (unpaired) electrons. The largest absolute Gasteiger partial charge is 0.320 e. The molecule has 1 aromatic carbocycles. The van der Waals surface area contributed by atoms with Gasteiger partial charge in [0.05, 0.1) is 29.1 Å². The molecular weight excluding hydrogens is 288 g/mol. The zero-order valence-electron chi connectivity index (χ0n) is 11.4. The van der Waals surface area contributed by atoms with Crippen molar-refractivity contribution in [3.8, 4) is 11.8 Å². The Morgan fingerprint density at radius 2 is 1.90 bits per heavy atom. The molecule has 5 heteroatoms. The van der Waals surface area contributed by atoms with Crippen molar-refractivity contribution in [1.29, 1.82) is 0 Å². The summed E-state index contributed by atoms with van der Waals surface area (Å²) in [4.78, 5) is 26.2. The molecule has 108 valence electrons. The molecule has 4 nitrogen and oxygen atoms in total. The second kappa shape index (κ2) is 5.51. The first kappa shape index (κ1) is 14.1. The maximum atomic E-state index is 12.5. The number of anilines is 1. The molecular formula is C16H15ClN2O2. The molecule has 2 amide bonds. The zero-order valence-corrected chi connectivity index (χ0v) is 12.2. The summed E-state index contributed by atoms with van der Waals surface area (Å²) < 4.78 is 0. The fourth-order valence-corrected chi connectivity index (χ4v) is 3.35. The summed E-state index contributed by atoms with van der Waals surface area (Å²) in [5.41, 5.74) is 6.48. The average Bonchev–Trinajstić information content (AvgIpc) is 3.04. The van der Waals surface area contributed by atoms with Crippen LogP contribution in [0.3, 0.4) is 0 Å². The standard InChI is InChI=1S/C16H15ClN2O2/c17-13-7-6-10(3-2-8-18)9-14(13)19-15(20)11-4-1-5-12(11)16(19)21/h6-7,9,11-12H,1,4-5,8,18H2. The number of nitrogens with two attached hydrogens (primary N) is 1. The van der Waals surface area contributed by atoms with E-state index >= 15 is 0 Å². The maximum absolute atomic E-state index is 12.5. The van der Waals surface area contributed by atoms with Crippen molar-refractivity contribution in [2.75, 3.05) is 11.4 Å². The molecule has 0 spiro atoms. The zero-order chi connectivity index (χ0) is 15.0. The Kier molecular flexibility index (Phi) is 3.71. The monoisotopic (exact) mass is 302 g/mol. The lowest BCUT2D eigenvalue weighted by molar-refractivity contribution is -0.122. The molecule has 1 aliphatic carbocycles. The number of rotatable bonds is 1. The van der Waals surface area contributed by atoms with Gasteiger partial charge in [0.2, 0.25) is 11.8 Å². The van der Waals surface area contributed by atoms with Gasteiger partial charge in [-0.1, -0.05) is 29.9 Å². The quantitative estimate of drug-likeness (QED) is 0.637. The van der Waals surface area contributed by atoms with Gasteiger partial charge >= 0.3 is 0 Å². The third kappa shape index (κ3) is 2.33. The van der Waals surface area contributed by atoms with Gasteiger partial charge in [-0.2, -0.15) is 0 Å². The summed E-state index contributed by atoms with van der Waals surface area (Å²) in [6.07, 6.45) is 2.52. The Morgan fingerprint density at radius 3 is 2.52 bits per heavy atom. The van der Waals surface area contributed by atoms with Crippen molar-refractivity contribution in [2.24, 2.45) is 17.6 Å². The third-order valence-electron chi connectivity index (χ3n) is 4.11. The summed E-state index contributed by atoms with van der Waals surface area (Å²) in [6, 6.07) is 5.09. The third-order valence-corrected chi connectivity index (χ3v) is 4.43. The van der Waals surface area contributed by atoms with Gasteiger partial charge in [0.25, 0.3) is 0 Å². The van der Waals surface area contributed by atoms with Crippen LogP contribution in [0, 0.1) is 23.7 Å². The van der Waals surface area contributed by atoms with Crippen LogP contribution < -0.4 is 10.6 Å². The van der Waals surface area contributed by atoms with Crippen molar-refractivity contribution in [3.63, 3.8) is 0 Å². The van der Waals surface area contributed by atoms with Gasteiger partial charge in [0.1, 0.15) is 0 Å². The first-order valence-corrected chi connectivity index (χ1v) is 7.37. The highest BCUT2D eigenvalue weighted by atomic mass is 35.5. The summed E-state index contributed by atoms with van der Waals surface area (Å²) in [6.45, 7) is 0.254. The number of imide groups is 1. The summed E-state index contributed by atoms with van der Waals surface area (Å²) in [5, 5.41) is 0.384. The van der Waals surface area contributed by atoms with Crippen LogP contribution in [0.2, 0.25) is 5.02 Å². The van der Waals surface area contributed by atoms with Crippen molar-refractivity contribution in [1.82, 2.24) is 0 Å². The molecule has 2 aliphatic rings. The predicted molar refractivity (Wildman–Crippen MR) is 80.7 cm³/mol. The van der Waals surface area contributed by atoms with Crippen molar-refractivity contribution >= 4 is 29.1 Å². The first-order valence-electron chi connectivity index (χ1n) is 7.00. The van der Waals surface area contributed by atoms with Crippen LogP contribution in [0.25, 0.3) is 0 Å². The van der Waals surface area contributed by atoms with E-state index in [4.69, 9.17) is 17.3 Å². The predicted octanol–water partition coefficient (Wildman–Crippen LogP) is 1.94. The maximum Gasteiger partial charge on any atom is 0.237 e. The number of hydrogen-bond acceptors (Lipinski definition) is 3. The van der Waals surface area contributed by atoms with E-state index in [1.165, 1.54) is 4.90 Å². The summed E-state index contributed by atoms with van der Waals surface area (Å²) in [5.74, 6) is 5.03. The normalized spacial score (nSPS) is 24.0. The van der Waals surface area contributed by atoms with Crippen molar-refractivity contribution in [2.45, 2.75) is 19.3 Å². The Labute approximate surface area is 128 Å². The van der Waals surface area contributed by atoms with Crippen LogP contribution in [-0.2, 0) is 9.59 Å². The van der Waals surface area contributed by atoms with E-state index in [0.717, 1.165) is 19.3 Å². The van der Waals surface area contributed by atoms with E-state index in [-0.39, 0.29) is 30.2 Å². The van der Waals surface area contributed by atoms with Gasteiger partial charge in [-0.3, -0.25) is 9.59 Å². The van der Waals surface area contributed by atoms with Crippen LogP contribution >= 0.6 is 11.6 Å². The molecule has 2 fully saturated rings. The number of carbonyl (C=O) groups excluding carboxylic acids is 2. The molecule has 3 rings (SSSR count). The number of nitrogens with zero attached hydrogens (tertiary/aromatic N) is 1. The molecule has 0 bridgehead atoms. The van der Waals surface area contributed by atoms with Crippen LogP contribution in [0.4, 0.5) is 5.69 Å². The Balaban J connectivity index is 2.00. The topological polar surface area (TPSA) is 63.4 Å². The Hall–Kier alpha value is -1.83. The van der Waals surface area contributed by atoms with Gasteiger partial charge in [-0.15, -0.1) is 0 Å². The van der Waals surface area contributed by atoms with Gasteiger partial charge in [-0.05, 0) is 31.0 Å². The number of amides is 2. The number of hydrogen-bond donors (Lipinski definition) is 1. The van der Waals surface area contributed by atoms with E-state index in [9.17, 15) is 9.59 Å². The average molecular weight is 303 g/mol. The van der Waals surface area contributed by atoms with E-state index in [1.807, 2.05) is 0 Å². The fraction of sp³-hybridized carbons (Fsp3) is 0.375. The minimum atomic E-state index is -0.174. The molecule has 21 heavy (non-hydrogen) atoms. The van der Waals surface area contributed by atoms with Crippen molar-refractivity contribution < 1.29 is 9.59 Å². The molecule has 1 heterocycles. The lowest BCUT2D eigenvalue weighted by Crippen LogP contribution is -2.31. The summed E-state index contributed by atoms with van der Waals surface area (Å²) >= 11 is 6.18. The van der Waals surface area contributed by atoms with E-state index in [0.29, 0.717) is 16.3 Å². The fourth-order valence-electron chi connectivity index (χ4n) is 3.14. The molecule has 2 atom stereocenters. The summed E-state index contributed by atoms with van der Waals surface area (Å²) in [7, 11) is 0. The Bertz CT molecular complexity index is 653. The second-order valence-corrected chi connectivity index (χ2v) is 5.74. The van der Waals surface area contributed by atoms with Crippen LogP contribution in [0.1, 0.15) is 24.8 Å². The molecule has 1 saturated heterocycles. The van der Waals surface area contributed by atoms with Gasteiger partial charge in [-0.25, -0.2) is 4.90 Å². The van der Waals surface area contributed by atoms with Crippen LogP contribution in [0.5, 0.6) is 0 Å². The van der Waals surface area contributed by atoms with Gasteiger partial charge in [0, 0.05) is 5.56 Å². The highest BCUT2D eigenvalue weighted by Crippen LogP contribution is 2.43. The lowest BCUT2D eigenvalue weighted by Gasteiger charge is -2.17. The minimum absolute atomic E-state index is 0.131. The van der Waals surface area contributed by atoms with E-state index < -0.39 is 0 Å². The number of carbonyl (C=O) groups is 2. The van der Waals surface area contributed by atoms with Crippen LogP contribution in [0.15, 0.2) is 18.2 Å². The number of halogens is 1. The van der Waals surface area contributed by atoms with Gasteiger partial charge < -0.3 is 5.73 Å². The highest BCUT2D eigenvalue weighted by molar-refractivity contribution is 6.36. The van der Waals surface area contributed by atoms with E-state index in [2.05, 4.69) is 11.8 Å². The Morgan fingerprint density at radius 1 is 1.24 bits per heavy atom. The minimum Gasteiger partial charge on any atom is -0.320 e. The van der Waals surface area contributed by atoms with E-state index in [1.54, 1.807) is 18.2 Å². The van der Waals surface area contributed by atoms with Crippen LogP contribution in [-0.4, -0.2) is 18.4 Å². The molecule has 1 aromatic rings. The lowest BCUT2D eigenvalue weighted by atomic mass is 10.00. The molecule has 2 N–H and O–H groups in total. The SMILES string of the molecule is NCC#Cc1ccc(Cl)c(N2C(=O)C3CCCC3C2=O)c1. The second-order valence-electron chi connectivity index (χ2n) is 5.33. The molecule has 1 aliphatic heterocycles. The highest BCUT2D eigenvalue weighted by Gasteiger charge is 2.50. The van der Waals surface area contributed by atoms with Gasteiger partial charge in [0.15, 0.2) is 0 Å². The number of fused-ring (bicyclic) bond motifs is 1. The smallest absolute Gasteiger partial charge is 0.237 e.